The van der Waals surface area contributed by atoms with Crippen molar-refractivity contribution in [1.29, 1.82) is 0 Å². The Kier molecular flexibility index (Phi) is 1.55. The summed E-state index contributed by atoms with van der Waals surface area (Å²) in [6.07, 6.45) is 0. The molecular weight excluding hydrogens is 156 g/mol. The molecule has 0 spiro atoms. The lowest BCUT2D eigenvalue weighted by atomic mass is 10.3. The second-order valence-corrected chi connectivity index (χ2v) is 2.55. The van der Waals surface area contributed by atoms with Crippen molar-refractivity contribution in [1.82, 2.24) is 0 Å². The molecule has 1 heterocycles. The van der Waals surface area contributed by atoms with E-state index in [9.17, 15) is 0 Å². The summed E-state index contributed by atoms with van der Waals surface area (Å²) in [6.45, 7) is 0.385. The van der Waals surface area contributed by atoms with Crippen LogP contribution in [0.3, 0.4) is 0 Å². The van der Waals surface area contributed by atoms with Crippen molar-refractivity contribution in [3.8, 4) is 11.5 Å². The minimum absolute atomic E-state index is 0.385. The summed E-state index contributed by atoms with van der Waals surface area (Å²) in [5.74, 6) is 7.17. The van der Waals surface area contributed by atoms with Crippen molar-refractivity contribution in [2.45, 2.75) is 0 Å². The topological polar surface area (TPSA) is 47.7 Å². The van der Waals surface area contributed by atoms with Crippen molar-refractivity contribution >= 4 is 5.69 Å². The highest BCUT2D eigenvalue weighted by Gasteiger charge is 2.21. The Morgan fingerprint density at radius 2 is 2.42 bits per heavy atom. The van der Waals surface area contributed by atoms with Gasteiger partial charge in [0.05, 0.1) is 7.11 Å². The van der Waals surface area contributed by atoms with Gasteiger partial charge in [0.2, 0.25) is 0 Å². The van der Waals surface area contributed by atoms with E-state index < -0.39 is 0 Å². The normalized spacial score (nSPS) is 14.0. The van der Waals surface area contributed by atoms with Gasteiger partial charge in [0.15, 0.2) is 12.5 Å². The Labute approximate surface area is 70.5 Å². The van der Waals surface area contributed by atoms with E-state index in [1.807, 2.05) is 18.2 Å². The third kappa shape index (κ3) is 0.887. The molecular formula is C8H10N2O2. The van der Waals surface area contributed by atoms with E-state index in [-0.39, 0.29) is 0 Å². The average molecular weight is 166 g/mol. The van der Waals surface area contributed by atoms with Gasteiger partial charge in [-0.2, -0.15) is 0 Å². The van der Waals surface area contributed by atoms with Crippen LogP contribution in [-0.4, -0.2) is 13.8 Å². The maximum absolute atomic E-state index is 5.65. The number of nitrogens with zero attached hydrogens (tertiary/aromatic N) is 1. The van der Waals surface area contributed by atoms with Crippen LogP contribution < -0.4 is 20.3 Å². The van der Waals surface area contributed by atoms with E-state index >= 15 is 0 Å². The van der Waals surface area contributed by atoms with Crippen LogP contribution in [-0.2, 0) is 0 Å². The lowest BCUT2D eigenvalue weighted by Crippen LogP contribution is -2.29. The molecule has 12 heavy (non-hydrogen) atoms. The number of para-hydroxylation sites is 1. The predicted octanol–water partition coefficient (Wildman–Crippen LogP) is 0.725. The molecule has 2 N–H and O–H groups in total. The molecule has 1 aromatic carbocycles. The van der Waals surface area contributed by atoms with Gasteiger partial charge in [-0.05, 0) is 12.1 Å². The first-order chi connectivity index (χ1) is 5.83. The molecule has 2 rings (SSSR count). The number of hydrazine groups is 1. The molecule has 0 aliphatic carbocycles. The number of methoxy groups -OCH3 is 1. The van der Waals surface area contributed by atoms with E-state index in [1.54, 1.807) is 7.11 Å². The number of rotatable bonds is 1. The Bertz CT molecular complexity index is 301. The average Bonchev–Trinajstić information content (AvgIpc) is 2.48. The van der Waals surface area contributed by atoms with Crippen LogP contribution in [0.15, 0.2) is 18.2 Å². The molecule has 0 radical (unpaired) electrons. The molecule has 0 saturated carbocycles. The van der Waals surface area contributed by atoms with Crippen molar-refractivity contribution < 1.29 is 9.47 Å². The summed E-state index contributed by atoms with van der Waals surface area (Å²) >= 11 is 0. The second-order valence-electron chi connectivity index (χ2n) is 2.55. The van der Waals surface area contributed by atoms with Gasteiger partial charge >= 0.3 is 0 Å². The van der Waals surface area contributed by atoms with E-state index in [2.05, 4.69) is 0 Å². The predicted molar refractivity (Wildman–Crippen MR) is 45.2 cm³/mol. The highest BCUT2D eigenvalue weighted by atomic mass is 16.5. The van der Waals surface area contributed by atoms with Gasteiger partial charge < -0.3 is 9.47 Å². The highest BCUT2D eigenvalue weighted by Crippen LogP contribution is 2.39. The van der Waals surface area contributed by atoms with E-state index in [1.165, 1.54) is 5.01 Å². The van der Waals surface area contributed by atoms with E-state index in [0.29, 0.717) is 6.73 Å². The summed E-state index contributed by atoms with van der Waals surface area (Å²) in [7, 11) is 1.61. The van der Waals surface area contributed by atoms with Gasteiger partial charge in [-0.25, -0.2) is 5.84 Å². The monoisotopic (exact) mass is 166 g/mol. The molecule has 1 aromatic rings. The maximum Gasteiger partial charge on any atom is 0.175 e. The van der Waals surface area contributed by atoms with Crippen LogP contribution in [0, 0.1) is 0 Å². The second kappa shape index (κ2) is 2.57. The Morgan fingerprint density at radius 3 is 3.17 bits per heavy atom. The highest BCUT2D eigenvalue weighted by molar-refractivity contribution is 5.68. The molecule has 64 valence electrons. The van der Waals surface area contributed by atoms with Gasteiger partial charge in [-0.3, -0.25) is 5.01 Å². The molecule has 0 amide bonds. The summed E-state index contributed by atoms with van der Waals surface area (Å²) in [5, 5.41) is 1.52. The van der Waals surface area contributed by atoms with Crippen molar-refractivity contribution in [3.05, 3.63) is 18.2 Å². The molecule has 0 aromatic heterocycles. The van der Waals surface area contributed by atoms with Crippen LogP contribution in [0.5, 0.6) is 11.5 Å². The largest absolute Gasteiger partial charge is 0.494 e. The first-order valence-electron chi connectivity index (χ1n) is 3.65. The van der Waals surface area contributed by atoms with Gasteiger partial charge in [0.1, 0.15) is 11.4 Å². The standard InChI is InChI=1S/C8H10N2O2/c1-11-6-3-2-4-7-8(6)10(9)5-12-7/h2-4H,5,9H2,1H3. The minimum Gasteiger partial charge on any atom is -0.494 e. The number of anilines is 1. The number of ether oxygens (including phenoxy) is 2. The lowest BCUT2D eigenvalue weighted by Gasteiger charge is -2.10. The van der Waals surface area contributed by atoms with Crippen LogP contribution in [0.4, 0.5) is 5.69 Å². The zero-order valence-electron chi connectivity index (χ0n) is 6.78. The summed E-state index contributed by atoms with van der Waals surface area (Å²) in [6, 6.07) is 5.59. The van der Waals surface area contributed by atoms with Gasteiger partial charge in [-0.1, -0.05) is 6.07 Å². The summed E-state index contributed by atoms with van der Waals surface area (Å²) in [4.78, 5) is 0. The van der Waals surface area contributed by atoms with Crippen LogP contribution >= 0.6 is 0 Å². The van der Waals surface area contributed by atoms with Crippen LogP contribution in [0.2, 0.25) is 0 Å². The van der Waals surface area contributed by atoms with Gasteiger partial charge in [-0.15, -0.1) is 0 Å². The third-order valence-corrected chi connectivity index (χ3v) is 1.83. The molecule has 0 fully saturated rings. The fraction of sp³-hybridized carbons (Fsp3) is 0.250. The quantitative estimate of drug-likeness (QED) is 0.624. The van der Waals surface area contributed by atoms with Crippen molar-refractivity contribution in [3.63, 3.8) is 0 Å². The van der Waals surface area contributed by atoms with Gasteiger partial charge in [0.25, 0.3) is 0 Å². The number of hydrogen-bond acceptors (Lipinski definition) is 4. The summed E-state index contributed by atoms with van der Waals surface area (Å²) < 4.78 is 10.4. The Hall–Kier alpha value is -1.42. The number of fused-ring (bicyclic) bond motifs is 1. The molecule has 0 unspecified atom stereocenters. The van der Waals surface area contributed by atoms with E-state index in [4.69, 9.17) is 15.3 Å². The zero-order chi connectivity index (χ0) is 8.55. The molecule has 0 bridgehead atoms. The maximum atomic E-state index is 5.65. The van der Waals surface area contributed by atoms with Gasteiger partial charge in [0, 0.05) is 0 Å². The SMILES string of the molecule is COc1cccc2c1N(N)CO2. The van der Waals surface area contributed by atoms with Crippen LogP contribution in [0.25, 0.3) is 0 Å². The minimum atomic E-state index is 0.385. The number of hydrogen-bond donors (Lipinski definition) is 1. The molecule has 0 saturated heterocycles. The zero-order valence-corrected chi connectivity index (χ0v) is 6.78. The fourth-order valence-electron chi connectivity index (χ4n) is 1.27. The lowest BCUT2D eigenvalue weighted by molar-refractivity contribution is 0.348. The van der Waals surface area contributed by atoms with E-state index in [0.717, 1.165) is 17.2 Å². The third-order valence-electron chi connectivity index (χ3n) is 1.83. The molecule has 4 nitrogen and oxygen atoms in total. The van der Waals surface area contributed by atoms with Crippen molar-refractivity contribution in [2.75, 3.05) is 18.8 Å². The Balaban J connectivity index is 2.53. The molecule has 1 aliphatic heterocycles. The van der Waals surface area contributed by atoms with Crippen LogP contribution in [0.1, 0.15) is 0 Å². The fourth-order valence-corrected chi connectivity index (χ4v) is 1.27. The first-order valence-corrected chi connectivity index (χ1v) is 3.65. The number of nitrogens with two attached hydrogens (primary N) is 1. The molecule has 4 heteroatoms. The molecule has 0 atom stereocenters. The first kappa shape index (κ1) is 7.24. The van der Waals surface area contributed by atoms with Crippen molar-refractivity contribution in [2.24, 2.45) is 5.84 Å². The Morgan fingerprint density at radius 1 is 1.58 bits per heavy atom. The molecule has 1 aliphatic rings. The smallest absolute Gasteiger partial charge is 0.175 e. The summed E-state index contributed by atoms with van der Waals surface area (Å²) in [5.41, 5.74) is 0.819. The number of benzene rings is 1.